The van der Waals surface area contributed by atoms with Gasteiger partial charge in [-0.25, -0.2) is 4.79 Å². The second-order valence-corrected chi connectivity index (χ2v) is 8.10. The second-order valence-electron chi connectivity index (χ2n) is 8.10. The standard InChI is InChI=1S/C26H25N3O6/c1-16-12-17(2)14-21(13-16)28-25(31)23(19-8-5-4-6-9-19)35-26(32)18(3)27-24(30)20-10-7-11-22(15-20)29(33)34/h4-15,18,23H,1-3H3,(H,27,30)(H,28,31)/t18-,23?/m0/s1. The third-order valence-electron chi connectivity index (χ3n) is 5.08. The number of rotatable bonds is 8. The van der Waals surface area contributed by atoms with E-state index in [0.29, 0.717) is 11.3 Å². The van der Waals surface area contributed by atoms with E-state index < -0.39 is 34.9 Å². The van der Waals surface area contributed by atoms with Crippen molar-refractivity contribution < 1.29 is 24.0 Å². The molecule has 2 amide bonds. The predicted octanol–water partition coefficient (Wildman–Crippen LogP) is 4.25. The summed E-state index contributed by atoms with van der Waals surface area (Å²) in [5, 5.41) is 16.2. The van der Waals surface area contributed by atoms with Crippen molar-refractivity contribution in [3.05, 3.63) is 105 Å². The average molecular weight is 476 g/mol. The molecule has 0 bridgehead atoms. The van der Waals surface area contributed by atoms with Crippen LogP contribution in [0.1, 0.15) is 40.1 Å². The van der Waals surface area contributed by atoms with Crippen LogP contribution in [0.4, 0.5) is 11.4 Å². The minimum atomic E-state index is -1.26. The highest BCUT2D eigenvalue weighted by atomic mass is 16.6. The van der Waals surface area contributed by atoms with Crippen molar-refractivity contribution in [3.63, 3.8) is 0 Å². The third kappa shape index (κ3) is 6.73. The van der Waals surface area contributed by atoms with Crippen LogP contribution in [-0.4, -0.2) is 28.7 Å². The van der Waals surface area contributed by atoms with E-state index in [2.05, 4.69) is 10.6 Å². The molecule has 2 atom stereocenters. The summed E-state index contributed by atoms with van der Waals surface area (Å²) in [7, 11) is 0. The van der Waals surface area contributed by atoms with Gasteiger partial charge >= 0.3 is 5.97 Å². The van der Waals surface area contributed by atoms with Crippen LogP contribution in [0.5, 0.6) is 0 Å². The topological polar surface area (TPSA) is 128 Å². The number of benzene rings is 3. The van der Waals surface area contributed by atoms with Crippen LogP contribution in [0.25, 0.3) is 0 Å². The van der Waals surface area contributed by atoms with Gasteiger partial charge in [0.1, 0.15) is 6.04 Å². The minimum absolute atomic E-state index is 0.0195. The van der Waals surface area contributed by atoms with Gasteiger partial charge in [-0.2, -0.15) is 0 Å². The number of ether oxygens (including phenoxy) is 1. The summed E-state index contributed by atoms with van der Waals surface area (Å²) in [6.07, 6.45) is -1.26. The Bertz CT molecular complexity index is 1240. The van der Waals surface area contributed by atoms with Gasteiger partial charge in [-0.05, 0) is 50.1 Å². The molecule has 0 spiro atoms. The van der Waals surface area contributed by atoms with Crippen LogP contribution in [0.2, 0.25) is 0 Å². The fraction of sp³-hybridized carbons (Fsp3) is 0.192. The Morgan fingerprint density at radius 1 is 0.914 bits per heavy atom. The largest absolute Gasteiger partial charge is 0.446 e. The van der Waals surface area contributed by atoms with Crippen molar-refractivity contribution >= 4 is 29.2 Å². The number of carbonyl (C=O) groups is 3. The summed E-state index contributed by atoms with van der Waals surface area (Å²) in [6.45, 7) is 5.22. The van der Waals surface area contributed by atoms with Gasteiger partial charge in [0.05, 0.1) is 4.92 Å². The number of non-ortho nitro benzene ring substituents is 1. The minimum Gasteiger partial charge on any atom is -0.446 e. The molecule has 0 saturated carbocycles. The number of aryl methyl sites for hydroxylation is 2. The first-order valence-electron chi connectivity index (χ1n) is 10.8. The fourth-order valence-corrected chi connectivity index (χ4v) is 3.47. The van der Waals surface area contributed by atoms with Gasteiger partial charge in [-0.1, -0.05) is 42.5 Å². The SMILES string of the molecule is Cc1cc(C)cc(NC(=O)C(OC(=O)[C@H](C)NC(=O)c2cccc([N+](=O)[O-])c2)c2ccccc2)c1. The molecule has 0 saturated heterocycles. The quantitative estimate of drug-likeness (QED) is 0.285. The normalized spacial score (nSPS) is 12.2. The molecule has 35 heavy (non-hydrogen) atoms. The molecule has 180 valence electrons. The highest BCUT2D eigenvalue weighted by Crippen LogP contribution is 2.22. The number of hydrogen-bond donors (Lipinski definition) is 2. The summed E-state index contributed by atoms with van der Waals surface area (Å²) < 4.78 is 5.52. The molecule has 3 aromatic carbocycles. The molecule has 0 aliphatic carbocycles. The average Bonchev–Trinajstić information content (AvgIpc) is 2.82. The van der Waals surface area contributed by atoms with E-state index in [0.717, 1.165) is 17.2 Å². The van der Waals surface area contributed by atoms with E-state index in [9.17, 15) is 24.5 Å². The number of nitrogens with one attached hydrogen (secondary N) is 2. The first kappa shape index (κ1) is 25.1. The molecule has 2 N–H and O–H groups in total. The zero-order chi connectivity index (χ0) is 25.5. The number of nitro groups is 1. The summed E-state index contributed by atoms with van der Waals surface area (Å²) in [5.41, 5.74) is 2.72. The van der Waals surface area contributed by atoms with Gasteiger partial charge in [0, 0.05) is 28.9 Å². The van der Waals surface area contributed by atoms with Gasteiger partial charge in [-0.15, -0.1) is 0 Å². The Balaban J connectivity index is 1.75. The fourth-order valence-electron chi connectivity index (χ4n) is 3.47. The van der Waals surface area contributed by atoms with Crippen LogP contribution in [0.15, 0.2) is 72.8 Å². The van der Waals surface area contributed by atoms with Gasteiger partial charge in [-0.3, -0.25) is 19.7 Å². The monoisotopic (exact) mass is 475 g/mol. The highest BCUT2D eigenvalue weighted by Gasteiger charge is 2.28. The van der Waals surface area contributed by atoms with Gasteiger partial charge in [0.2, 0.25) is 6.10 Å². The molecule has 0 fully saturated rings. The predicted molar refractivity (Wildman–Crippen MR) is 130 cm³/mol. The molecule has 9 heteroatoms. The Morgan fingerprint density at radius 3 is 2.20 bits per heavy atom. The lowest BCUT2D eigenvalue weighted by Gasteiger charge is -2.21. The van der Waals surface area contributed by atoms with Gasteiger partial charge < -0.3 is 15.4 Å². The lowest BCUT2D eigenvalue weighted by Crippen LogP contribution is -2.41. The summed E-state index contributed by atoms with van der Waals surface area (Å²) in [5.74, 6) is -2.07. The Kier molecular flexibility index (Phi) is 7.93. The number of amides is 2. The van der Waals surface area contributed by atoms with Crippen molar-refractivity contribution in [2.75, 3.05) is 5.32 Å². The van der Waals surface area contributed by atoms with Gasteiger partial charge in [0.25, 0.3) is 17.5 Å². The molecular formula is C26H25N3O6. The lowest BCUT2D eigenvalue weighted by molar-refractivity contribution is -0.384. The maximum absolute atomic E-state index is 13.1. The molecule has 9 nitrogen and oxygen atoms in total. The summed E-state index contributed by atoms with van der Waals surface area (Å²) in [6, 6.07) is 18.1. The van der Waals surface area contributed by atoms with Crippen molar-refractivity contribution in [2.45, 2.75) is 32.9 Å². The lowest BCUT2D eigenvalue weighted by atomic mass is 10.1. The number of anilines is 1. The molecule has 0 aliphatic rings. The number of esters is 1. The summed E-state index contributed by atoms with van der Waals surface area (Å²) in [4.78, 5) is 48.8. The Morgan fingerprint density at radius 2 is 1.57 bits per heavy atom. The van der Waals surface area contributed by atoms with E-state index in [1.807, 2.05) is 19.9 Å². The van der Waals surface area contributed by atoms with Crippen LogP contribution >= 0.6 is 0 Å². The van der Waals surface area contributed by atoms with E-state index in [1.165, 1.54) is 25.1 Å². The van der Waals surface area contributed by atoms with Gasteiger partial charge in [0.15, 0.2) is 0 Å². The molecule has 3 aromatic rings. The number of hydrogen-bond acceptors (Lipinski definition) is 6. The molecule has 0 heterocycles. The smallest absolute Gasteiger partial charge is 0.329 e. The molecule has 0 aliphatic heterocycles. The molecule has 0 radical (unpaired) electrons. The van der Waals surface area contributed by atoms with Crippen LogP contribution in [0.3, 0.4) is 0 Å². The van der Waals surface area contributed by atoms with E-state index in [-0.39, 0.29) is 11.3 Å². The first-order chi connectivity index (χ1) is 16.6. The summed E-state index contributed by atoms with van der Waals surface area (Å²) >= 11 is 0. The van der Waals surface area contributed by atoms with Crippen molar-refractivity contribution in [2.24, 2.45) is 0 Å². The van der Waals surface area contributed by atoms with Crippen LogP contribution < -0.4 is 10.6 Å². The van der Waals surface area contributed by atoms with E-state index in [1.54, 1.807) is 42.5 Å². The molecule has 0 aromatic heterocycles. The highest BCUT2D eigenvalue weighted by molar-refractivity contribution is 5.99. The van der Waals surface area contributed by atoms with E-state index >= 15 is 0 Å². The molecule has 3 rings (SSSR count). The second kappa shape index (κ2) is 11.1. The Hall–Kier alpha value is -4.53. The van der Waals surface area contributed by atoms with Crippen LogP contribution in [0, 0.1) is 24.0 Å². The molecular weight excluding hydrogens is 450 g/mol. The molecule has 1 unspecified atom stereocenters. The van der Waals surface area contributed by atoms with E-state index in [4.69, 9.17) is 4.74 Å². The first-order valence-corrected chi connectivity index (χ1v) is 10.8. The number of nitrogens with zero attached hydrogens (tertiary/aromatic N) is 1. The number of nitro benzene ring substituents is 1. The maximum Gasteiger partial charge on any atom is 0.329 e. The van der Waals surface area contributed by atoms with Crippen LogP contribution in [-0.2, 0) is 14.3 Å². The zero-order valence-electron chi connectivity index (χ0n) is 19.5. The van der Waals surface area contributed by atoms with Crippen molar-refractivity contribution in [1.82, 2.24) is 5.32 Å². The zero-order valence-corrected chi connectivity index (χ0v) is 19.5. The maximum atomic E-state index is 13.1. The Labute approximate surface area is 202 Å². The third-order valence-corrected chi connectivity index (χ3v) is 5.08. The number of carbonyl (C=O) groups excluding carboxylic acids is 3. The van der Waals surface area contributed by atoms with Crippen molar-refractivity contribution in [3.8, 4) is 0 Å². The van der Waals surface area contributed by atoms with Crippen molar-refractivity contribution in [1.29, 1.82) is 0 Å².